The molecule has 0 radical (unpaired) electrons. The average molecular weight is 373 g/mol. The first-order chi connectivity index (χ1) is 13.5. The molecule has 0 fully saturated rings. The van der Waals surface area contributed by atoms with Crippen molar-refractivity contribution in [1.82, 2.24) is 10.3 Å². The molecule has 6 nitrogen and oxygen atoms in total. The molecule has 0 aliphatic carbocycles. The van der Waals surface area contributed by atoms with Gasteiger partial charge in [-0.1, -0.05) is 54.6 Å². The zero-order valence-electron chi connectivity index (χ0n) is 15.0. The highest BCUT2D eigenvalue weighted by molar-refractivity contribution is 6.08. The number of nitrogens with two attached hydrogens (primary N) is 1. The van der Waals surface area contributed by atoms with Crippen molar-refractivity contribution in [1.29, 1.82) is 0 Å². The molecule has 3 aromatic rings. The monoisotopic (exact) mass is 373 g/mol. The minimum Gasteiger partial charge on any atom is -0.368 e. The molecular weight excluding hydrogens is 354 g/mol. The molecule has 3 rings (SSSR count). The van der Waals surface area contributed by atoms with Gasteiger partial charge in [0.15, 0.2) is 5.78 Å². The molecule has 6 heteroatoms. The number of carbonyl (C=O) groups is 3. The molecule has 2 amide bonds. The van der Waals surface area contributed by atoms with E-state index in [1.165, 1.54) is 6.20 Å². The van der Waals surface area contributed by atoms with Crippen LogP contribution < -0.4 is 11.1 Å². The number of amides is 2. The maximum absolute atomic E-state index is 12.5. The summed E-state index contributed by atoms with van der Waals surface area (Å²) >= 11 is 0. The Morgan fingerprint density at radius 2 is 1.50 bits per heavy atom. The van der Waals surface area contributed by atoms with Crippen LogP contribution in [0.3, 0.4) is 0 Å². The molecule has 2 aromatic carbocycles. The minimum absolute atomic E-state index is 0.0801. The summed E-state index contributed by atoms with van der Waals surface area (Å²) in [5, 5.41) is 2.62. The van der Waals surface area contributed by atoms with E-state index in [4.69, 9.17) is 5.73 Å². The Morgan fingerprint density at radius 1 is 0.857 bits per heavy atom. The maximum atomic E-state index is 12.5. The highest BCUT2D eigenvalue weighted by Crippen LogP contribution is 2.12. The van der Waals surface area contributed by atoms with Crippen LogP contribution in [0.4, 0.5) is 0 Å². The summed E-state index contributed by atoms with van der Waals surface area (Å²) in [4.78, 5) is 40.4. The van der Waals surface area contributed by atoms with Crippen LogP contribution in [0.5, 0.6) is 0 Å². The van der Waals surface area contributed by atoms with Gasteiger partial charge in [-0.2, -0.15) is 0 Å². The Morgan fingerprint density at radius 3 is 2.11 bits per heavy atom. The van der Waals surface area contributed by atoms with Crippen LogP contribution in [-0.2, 0) is 11.2 Å². The molecule has 0 spiro atoms. The van der Waals surface area contributed by atoms with Gasteiger partial charge in [0.25, 0.3) is 5.91 Å². The lowest BCUT2D eigenvalue weighted by molar-refractivity contribution is -0.119. The zero-order chi connectivity index (χ0) is 19.9. The van der Waals surface area contributed by atoms with Crippen LogP contribution >= 0.6 is 0 Å². The number of hydrogen-bond acceptors (Lipinski definition) is 4. The predicted molar refractivity (Wildman–Crippen MR) is 105 cm³/mol. The molecule has 0 bridgehead atoms. The summed E-state index contributed by atoms with van der Waals surface area (Å²) in [5.41, 5.74) is 7.72. The van der Waals surface area contributed by atoms with Gasteiger partial charge in [-0.15, -0.1) is 0 Å². The molecule has 0 saturated heterocycles. The second-order valence-corrected chi connectivity index (χ2v) is 6.27. The number of rotatable bonds is 7. The third-order valence-electron chi connectivity index (χ3n) is 4.26. The largest absolute Gasteiger partial charge is 0.368 e. The van der Waals surface area contributed by atoms with Gasteiger partial charge in [-0.05, 0) is 17.7 Å². The van der Waals surface area contributed by atoms with Crippen LogP contribution in [0.25, 0.3) is 0 Å². The number of nitrogens with one attached hydrogen (secondary N) is 1. The molecule has 1 heterocycles. The lowest BCUT2D eigenvalue weighted by Crippen LogP contribution is -2.45. The van der Waals surface area contributed by atoms with Crippen molar-refractivity contribution in [3.8, 4) is 0 Å². The SMILES string of the molecule is NC(=O)[C@H](Cc1ccc(C(=O)c2ccccc2)cc1)NC(=O)c1cccnc1. The molecule has 3 N–H and O–H groups in total. The highest BCUT2D eigenvalue weighted by atomic mass is 16.2. The first-order valence-corrected chi connectivity index (χ1v) is 8.73. The second kappa shape index (κ2) is 8.73. The zero-order valence-corrected chi connectivity index (χ0v) is 15.0. The third kappa shape index (κ3) is 4.67. The first kappa shape index (κ1) is 19.0. The molecule has 0 aliphatic heterocycles. The lowest BCUT2D eigenvalue weighted by Gasteiger charge is -2.15. The lowest BCUT2D eigenvalue weighted by atomic mass is 9.99. The number of ketones is 1. The minimum atomic E-state index is -0.872. The number of benzene rings is 2. The Balaban J connectivity index is 1.69. The van der Waals surface area contributed by atoms with E-state index in [-0.39, 0.29) is 12.2 Å². The molecule has 1 aromatic heterocycles. The topological polar surface area (TPSA) is 102 Å². The number of aromatic nitrogens is 1. The fourth-order valence-corrected chi connectivity index (χ4v) is 2.75. The number of carbonyl (C=O) groups excluding carboxylic acids is 3. The molecular formula is C22H19N3O3. The summed E-state index contributed by atoms with van der Waals surface area (Å²) in [7, 11) is 0. The van der Waals surface area contributed by atoms with E-state index in [0.29, 0.717) is 16.7 Å². The van der Waals surface area contributed by atoms with Crippen LogP contribution in [0, 0.1) is 0 Å². The number of primary amides is 1. The standard InChI is InChI=1S/C22H19N3O3/c23-21(27)19(25-22(28)18-7-4-12-24-14-18)13-15-8-10-17(11-9-15)20(26)16-5-2-1-3-6-16/h1-12,14,19H,13H2,(H2,23,27)(H,25,28)/t19-/m0/s1. The normalized spacial score (nSPS) is 11.4. The second-order valence-electron chi connectivity index (χ2n) is 6.27. The van der Waals surface area contributed by atoms with Crippen molar-refractivity contribution in [3.63, 3.8) is 0 Å². The molecule has 140 valence electrons. The van der Waals surface area contributed by atoms with Crippen LogP contribution in [0.1, 0.15) is 31.8 Å². The van der Waals surface area contributed by atoms with Crippen LogP contribution in [0.15, 0.2) is 79.1 Å². The highest BCUT2D eigenvalue weighted by Gasteiger charge is 2.20. The summed E-state index contributed by atoms with van der Waals surface area (Å²) in [6.07, 6.45) is 3.19. The number of pyridine rings is 1. The van der Waals surface area contributed by atoms with E-state index in [0.717, 1.165) is 5.56 Å². The fourth-order valence-electron chi connectivity index (χ4n) is 2.75. The van der Waals surface area contributed by atoms with Gasteiger partial charge in [-0.3, -0.25) is 19.4 Å². The Hall–Kier alpha value is -3.80. The summed E-state index contributed by atoms with van der Waals surface area (Å²) in [5.74, 6) is -1.14. The molecule has 0 aliphatic rings. The first-order valence-electron chi connectivity index (χ1n) is 8.73. The van der Waals surface area contributed by atoms with Gasteiger partial charge in [-0.25, -0.2) is 0 Å². The van der Waals surface area contributed by atoms with Crippen molar-refractivity contribution in [3.05, 3.63) is 101 Å². The molecule has 0 saturated carbocycles. The van der Waals surface area contributed by atoms with Gasteiger partial charge < -0.3 is 11.1 Å². The quantitative estimate of drug-likeness (QED) is 0.619. The Bertz CT molecular complexity index is 971. The van der Waals surface area contributed by atoms with E-state index in [1.54, 1.807) is 54.7 Å². The van der Waals surface area contributed by atoms with Crippen molar-refractivity contribution in [2.24, 2.45) is 5.73 Å². The van der Waals surface area contributed by atoms with Crippen LogP contribution in [-0.4, -0.2) is 28.6 Å². The van der Waals surface area contributed by atoms with Crippen molar-refractivity contribution >= 4 is 17.6 Å². The Kier molecular flexibility index (Phi) is 5.91. The van der Waals surface area contributed by atoms with Gasteiger partial charge in [0.2, 0.25) is 5.91 Å². The van der Waals surface area contributed by atoms with Gasteiger partial charge in [0.05, 0.1) is 5.56 Å². The van der Waals surface area contributed by atoms with Crippen LogP contribution in [0.2, 0.25) is 0 Å². The predicted octanol–water partition coefficient (Wildman–Crippen LogP) is 2.14. The molecule has 1 atom stereocenters. The summed E-state index contributed by atoms with van der Waals surface area (Å²) < 4.78 is 0. The number of hydrogen-bond donors (Lipinski definition) is 2. The van der Waals surface area contributed by atoms with E-state index in [1.807, 2.05) is 18.2 Å². The third-order valence-corrected chi connectivity index (χ3v) is 4.26. The van der Waals surface area contributed by atoms with E-state index < -0.39 is 17.9 Å². The van der Waals surface area contributed by atoms with Crippen molar-refractivity contribution in [2.45, 2.75) is 12.5 Å². The van der Waals surface area contributed by atoms with E-state index >= 15 is 0 Å². The Labute approximate surface area is 162 Å². The van der Waals surface area contributed by atoms with E-state index in [9.17, 15) is 14.4 Å². The average Bonchev–Trinajstić information content (AvgIpc) is 2.74. The number of nitrogens with zero attached hydrogens (tertiary/aromatic N) is 1. The fraction of sp³-hybridized carbons (Fsp3) is 0.0909. The molecule has 28 heavy (non-hydrogen) atoms. The smallest absolute Gasteiger partial charge is 0.253 e. The van der Waals surface area contributed by atoms with Crippen molar-refractivity contribution < 1.29 is 14.4 Å². The maximum Gasteiger partial charge on any atom is 0.253 e. The molecule has 0 unspecified atom stereocenters. The summed E-state index contributed by atoms with van der Waals surface area (Å²) in [6.45, 7) is 0. The van der Waals surface area contributed by atoms with Gasteiger partial charge in [0.1, 0.15) is 6.04 Å². The van der Waals surface area contributed by atoms with E-state index in [2.05, 4.69) is 10.3 Å². The summed E-state index contributed by atoms with van der Waals surface area (Å²) in [6, 6.07) is 18.3. The van der Waals surface area contributed by atoms with Crippen molar-refractivity contribution in [2.75, 3.05) is 0 Å². The van der Waals surface area contributed by atoms with Gasteiger partial charge in [0, 0.05) is 29.9 Å². The van der Waals surface area contributed by atoms with Gasteiger partial charge >= 0.3 is 0 Å².